The maximum atomic E-state index is 12.3. The SMILES string of the molecule is CCCC.O=[P+](O)OC(O[P+](=O)O)S(=O)(=O)c1ccc2ccccc2c1. The van der Waals surface area contributed by atoms with Crippen LogP contribution in [0.1, 0.15) is 26.7 Å². The molecule has 0 fully saturated rings. The Morgan fingerprint density at radius 1 is 0.923 bits per heavy atom. The molecular formula is C15H20O8P2S+2. The van der Waals surface area contributed by atoms with Gasteiger partial charge in [-0.15, -0.1) is 9.79 Å². The van der Waals surface area contributed by atoms with Crippen molar-refractivity contribution in [2.24, 2.45) is 0 Å². The molecule has 2 aromatic rings. The molecule has 11 heteroatoms. The molecule has 2 aromatic carbocycles. The van der Waals surface area contributed by atoms with E-state index in [0.717, 1.165) is 5.39 Å². The van der Waals surface area contributed by atoms with Crippen molar-refractivity contribution in [2.75, 3.05) is 0 Å². The highest BCUT2D eigenvalue weighted by Crippen LogP contribution is 2.33. The predicted octanol–water partition coefficient (Wildman–Crippen LogP) is 4.04. The second-order valence-corrected chi connectivity index (χ2v) is 8.35. The molecule has 0 spiro atoms. The monoisotopic (exact) mass is 422 g/mol. The average Bonchev–Trinajstić information content (AvgIpc) is 2.60. The van der Waals surface area contributed by atoms with Gasteiger partial charge in [0.2, 0.25) is 9.84 Å². The lowest BCUT2D eigenvalue weighted by molar-refractivity contribution is 0.0683. The van der Waals surface area contributed by atoms with Gasteiger partial charge in [-0.3, -0.25) is 0 Å². The third-order valence-corrected chi connectivity index (χ3v) is 5.79. The summed E-state index contributed by atoms with van der Waals surface area (Å²) in [5.41, 5.74) is -2.36. The summed E-state index contributed by atoms with van der Waals surface area (Å²) in [6, 6.07) is 11.0. The zero-order valence-corrected chi connectivity index (χ0v) is 16.8. The lowest BCUT2D eigenvalue weighted by Gasteiger charge is -2.07. The third-order valence-electron chi connectivity index (χ3n) is 3.16. The van der Waals surface area contributed by atoms with Crippen LogP contribution in [0.2, 0.25) is 0 Å². The number of unbranched alkanes of at least 4 members (excludes halogenated alkanes) is 1. The van der Waals surface area contributed by atoms with E-state index < -0.39 is 32.0 Å². The molecule has 26 heavy (non-hydrogen) atoms. The van der Waals surface area contributed by atoms with Crippen molar-refractivity contribution in [3.05, 3.63) is 42.5 Å². The van der Waals surface area contributed by atoms with Gasteiger partial charge in [-0.1, -0.05) is 66.1 Å². The maximum Gasteiger partial charge on any atom is 0.698 e. The maximum absolute atomic E-state index is 12.3. The van der Waals surface area contributed by atoms with Crippen LogP contribution < -0.4 is 0 Å². The van der Waals surface area contributed by atoms with Crippen LogP contribution >= 0.6 is 16.5 Å². The lowest BCUT2D eigenvalue weighted by atomic mass is 10.1. The van der Waals surface area contributed by atoms with Crippen molar-refractivity contribution < 1.29 is 36.4 Å². The number of hydrogen-bond acceptors (Lipinski definition) is 6. The normalized spacial score (nSPS) is 13.5. The van der Waals surface area contributed by atoms with Gasteiger partial charge in [-0.25, -0.2) is 8.42 Å². The Balaban J connectivity index is 0.000000765. The van der Waals surface area contributed by atoms with Crippen LogP contribution in [-0.2, 0) is 28.0 Å². The van der Waals surface area contributed by atoms with Crippen LogP contribution in [0.5, 0.6) is 0 Å². The summed E-state index contributed by atoms with van der Waals surface area (Å²) < 4.78 is 54.4. The highest BCUT2D eigenvalue weighted by atomic mass is 32.2. The largest absolute Gasteiger partial charge is 0.698 e. The predicted molar refractivity (Wildman–Crippen MR) is 97.3 cm³/mol. The zero-order chi connectivity index (χ0) is 19.7. The van der Waals surface area contributed by atoms with Crippen LogP contribution in [0.15, 0.2) is 47.4 Å². The third kappa shape index (κ3) is 6.78. The van der Waals surface area contributed by atoms with E-state index in [0.29, 0.717) is 5.39 Å². The minimum absolute atomic E-state index is 0.273. The first-order valence-electron chi connectivity index (χ1n) is 7.60. The van der Waals surface area contributed by atoms with E-state index in [1.807, 2.05) is 0 Å². The molecule has 0 aliphatic rings. The fourth-order valence-electron chi connectivity index (χ4n) is 1.74. The molecule has 0 heterocycles. The molecule has 2 atom stereocenters. The van der Waals surface area contributed by atoms with Crippen molar-refractivity contribution in [1.29, 1.82) is 0 Å². The van der Waals surface area contributed by atoms with Gasteiger partial charge in [-0.2, -0.15) is 0 Å². The van der Waals surface area contributed by atoms with Gasteiger partial charge in [0.1, 0.15) is 0 Å². The molecule has 2 N–H and O–H groups in total. The van der Waals surface area contributed by atoms with Gasteiger partial charge in [0.05, 0.1) is 4.90 Å². The standard InChI is InChI=1S/C11H8O8P2S.C4H10/c12-20(13)18-11(19-21(14)15)22(16,17)10-6-5-8-3-1-2-4-9(8)7-10;1-3-4-2/h1-7,11H;3-4H2,1-2H3/p+2. The highest BCUT2D eigenvalue weighted by Gasteiger charge is 2.44. The quantitative estimate of drug-likeness (QED) is 0.506. The summed E-state index contributed by atoms with van der Waals surface area (Å²) in [5.74, 6) is 0. The molecule has 0 saturated heterocycles. The molecule has 0 aliphatic carbocycles. The summed E-state index contributed by atoms with van der Waals surface area (Å²) in [4.78, 5) is 17.1. The fraction of sp³-hybridized carbons (Fsp3) is 0.333. The summed E-state index contributed by atoms with van der Waals surface area (Å²) in [6.07, 6.45) is 2.64. The van der Waals surface area contributed by atoms with Gasteiger partial charge in [0, 0.05) is 9.13 Å². The minimum Gasteiger partial charge on any atom is -0.218 e. The van der Waals surface area contributed by atoms with E-state index in [1.54, 1.807) is 24.3 Å². The summed E-state index contributed by atoms with van der Waals surface area (Å²) in [6.45, 7) is 4.36. The minimum atomic E-state index is -4.41. The molecule has 2 unspecified atom stereocenters. The molecule has 0 aromatic heterocycles. The number of sulfone groups is 1. The molecule has 2 rings (SSSR count). The van der Waals surface area contributed by atoms with Crippen LogP contribution in [0, 0.1) is 0 Å². The van der Waals surface area contributed by atoms with Crippen LogP contribution in [0.3, 0.4) is 0 Å². The second-order valence-electron chi connectivity index (χ2n) is 5.03. The Morgan fingerprint density at radius 3 is 1.88 bits per heavy atom. The van der Waals surface area contributed by atoms with Gasteiger partial charge in [0.15, 0.2) is 0 Å². The van der Waals surface area contributed by atoms with Crippen LogP contribution in [0.4, 0.5) is 0 Å². The van der Waals surface area contributed by atoms with Gasteiger partial charge in [0.25, 0.3) is 0 Å². The van der Waals surface area contributed by atoms with E-state index in [9.17, 15) is 17.5 Å². The first-order chi connectivity index (χ1) is 12.2. The molecule has 0 amide bonds. The van der Waals surface area contributed by atoms with E-state index in [-0.39, 0.29) is 4.90 Å². The summed E-state index contributed by atoms with van der Waals surface area (Å²) in [5, 5.41) is 1.38. The van der Waals surface area contributed by atoms with Crippen LogP contribution in [-0.4, -0.2) is 23.8 Å². The number of rotatable bonds is 7. The number of hydrogen-bond donors (Lipinski definition) is 2. The summed E-state index contributed by atoms with van der Waals surface area (Å²) in [7, 11) is -11.1. The van der Waals surface area contributed by atoms with E-state index >= 15 is 0 Å². The van der Waals surface area contributed by atoms with E-state index in [2.05, 4.69) is 22.9 Å². The van der Waals surface area contributed by atoms with Crippen LogP contribution in [0.25, 0.3) is 10.8 Å². The molecule has 8 nitrogen and oxygen atoms in total. The van der Waals surface area contributed by atoms with Crippen molar-refractivity contribution in [1.82, 2.24) is 0 Å². The first kappa shape index (κ1) is 22.7. The van der Waals surface area contributed by atoms with Crippen molar-refractivity contribution >= 4 is 37.1 Å². The van der Waals surface area contributed by atoms with E-state index in [1.165, 1.54) is 31.0 Å². The fourth-order valence-corrected chi connectivity index (χ4v) is 4.30. The lowest BCUT2D eigenvalue weighted by Crippen LogP contribution is -2.23. The van der Waals surface area contributed by atoms with Crippen molar-refractivity contribution in [2.45, 2.75) is 37.2 Å². The van der Waals surface area contributed by atoms with Gasteiger partial charge in [-0.05, 0) is 22.9 Å². The first-order valence-corrected chi connectivity index (χ1v) is 11.4. The Kier molecular flexibility index (Phi) is 9.39. The highest BCUT2D eigenvalue weighted by molar-refractivity contribution is 7.92. The Bertz CT molecular complexity index is 851. The molecule has 0 saturated carbocycles. The Morgan fingerprint density at radius 2 is 1.42 bits per heavy atom. The summed E-state index contributed by atoms with van der Waals surface area (Å²) >= 11 is 0. The number of fused-ring (bicyclic) bond motifs is 1. The smallest absolute Gasteiger partial charge is 0.218 e. The molecule has 0 bridgehead atoms. The van der Waals surface area contributed by atoms with Crippen molar-refractivity contribution in [3.8, 4) is 0 Å². The zero-order valence-electron chi connectivity index (χ0n) is 14.2. The molecule has 0 radical (unpaired) electrons. The number of benzene rings is 2. The van der Waals surface area contributed by atoms with Gasteiger partial charge >= 0.3 is 22.1 Å². The average molecular weight is 422 g/mol. The topological polar surface area (TPSA) is 127 Å². The Hall–Kier alpha value is -1.31. The van der Waals surface area contributed by atoms with E-state index in [4.69, 9.17) is 9.79 Å². The molecular weight excluding hydrogens is 402 g/mol. The van der Waals surface area contributed by atoms with Gasteiger partial charge < -0.3 is 0 Å². The Labute approximate surface area is 153 Å². The second kappa shape index (κ2) is 10.7. The molecule has 142 valence electrons. The van der Waals surface area contributed by atoms with Crippen molar-refractivity contribution in [3.63, 3.8) is 0 Å². The molecule has 0 aliphatic heterocycles.